The van der Waals surface area contributed by atoms with E-state index >= 15 is 0 Å². The summed E-state index contributed by atoms with van der Waals surface area (Å²) in [5.74, 6) is 0.182. The molecular formula is C19H21NO. The van der Waals surface area contributed by atoms with Gasteiger partial charge in [-0.2, -0.15) is 0 Å². The Bertz CT molecular complexity index is 658. The van der Waals surface area contributed by atoms with Crippen LogP contribution in [-0.2, 0) is 24.1 Å². The Balaban J connectivity index is 0.000000180. The minimum absolute atomic E-state index is 0.182. The van der Waals surface area contributed by atoms with Crippen molar-refractivity contribution in [2.24, 2.45) is 5.73 Å². The number of Topliss-reactive ketones (excluding diaryl/α,β-unsaturated/α-hetero) is 1. The molecule has 2 N–H and O–H groups in total. The summed E-state index contributed by atoms with van der Waals surface area (Å²) < 4.78 is 0. The second kappa shape index (κ2) is 5.82. The summed E-state index contributed by atoms with van der Waals surface area (Å²) in [6.07, 6.45) is 3.30. The number of carbonyl (C=O) groups excluding carboxylic acids is 1. The topological polar surface area (TPSA) is 43.1 Å². The van der Waals surface area contributed by atoms with Crippen LogP contribution in [0, 0.1) is 0 Å². The van der Waals surface area contributed by atoms with E-state index in [0.29, 0.717) is 6.42 Å². The van der Waals surface area contributed by atoms with Gasteiger partial charge in [-0.15, -0.1) is 0 Å². The van der Waals surface area contributed by atoms with Crippen molar-refractivity contribution in [2.45, 2.75) is 38.6 Å². The monoisotopic (exact) mass is 279 g/mol. The van der Waals surface area contributed by atoms with E-state index in [1.165, 1.54) is 27.8 Å². The maximum atomic E-state index is 11.7. The fourth-order valence-corrected chi connectivity index (χ4v) is 2.96. The minimum Gasteiger partial charge on any atom is -0.321 e. The number of hydrogen-bond donors (Lipinski definition) is 1. The van der Waals surface area contributed by atoms with E-state index in [9.17, 15) is 4.79 Å². The average Bonchev–Trinajstić information content (AvgIpc) is 3.14. The number of fused-ring (bicyclic) bond motifs is 2. The number of benzene rings is 2. The maximum absolute atomic E-state index is 11.7. The van der Waals surface area contributed by atoms with Gasteiger partial charge >= 0.3 is 0 Å². The normalized spacial score (nSPS) is 18.2. The molecule has 0 saturated heterocycles. The quantitative estimate of drug-likeness (QED) is 0.695. The summed E-state index contributed by atoms with van der Waals surface area (Å²) in [5, 5.41) is 0. The van der Waals surface area contributed by atoms with Gasteiger partial charge in [-0.05, 0) is 53.1 Å². The van der Waals surface area contributed by atoms with Crippen molar-refractivity contribution in [3.63, 3.8) is 0 Å². The first-order valence-electron chi connectivity index (χ1n) is 7.67. The second-order valence-corrected chi connectivity index (χ2v) is 5.78. The highest BCUT2D eigenvalue weighted by Crippen LogP contribution is 2.32. The fraction of sp³-hybridized carbons (Fsp3) is 0.316. The maximum Gasteiger partial charge on any atom is 0.153 e. The predicted molar refractivity (Wildman–Crippen MR) is 86.3 cm³/mol. The van der Waals surface area contributed by atoms with Gasteiger partial charge in [0.2, 0.25) is 0 Å². The molecule has 0 radical (unpaired) electrons. The first-order valence-corrected chi connectivity index (χ1v) is 7.67. The third-order valence-electron chi connectivity index (χ3n) is 4.35. The molecule has 3 aliphatic rings. The van der Waals surface area contributed by atoms with Gasteiger partial charge in [-0.3, -0.25) is 4.79 Å². The van der Waals surface area contributed by atoms with Gasteiger partial charge < -0.3 is 5.73 Å². The SMILES string of the molecule is CCc1cccc2c1CCC(N)C(=O)C2.c1cc2cc-2c1. The lowest BCUT2D eigenvalue weighted by Gasteiger charge is -2.09. The van der Waals surface area contributed by atoms with Crippen molar-refractivity contribution >= 4 is 5.78 Å². The highest BCUT2D eigenvalue weighted by Gasteiger charge is 2.21. The molecule has 0 heterocycles. The van der Waals surface area contributed by atoms with Crippen LogP contribution >= 0.6 is 0 Å². The van der Waals surface area contributed by atoms with Crippen LogP contribution in [0.3, 0.4) is 0 Å². The van der Waals surface area contributed by atoms with E-state index in [1.807, 2.05) is 6.07 Å². The number of rotatable bonds is 1. The van der Waals surface area contributed by atoms with Crippen LogP contribution in [0.15, 0.2) is 42.5 Å². The van der Waals surface area contributed by atoms with Crippen molar-refractivity contribution in [3.05, 3.63) is 59.2 Å². The largest absolute Gasteiger partial charge is 0.321 e. The number of carbonyl (C=O) groups is 1. The smallest absolute Gasteiger partial charge is 0.153 e. The molecule has 1 aromatic rings. The summed E-state index contributed by atoms with van der Waals surface area (Å²) in [6, 6.07) is 14.5. The summed E-state index contributed by atoms with van der Waals surface area (Å²) in [7, 11) is 0. The summed E-state index contributed by atoms with van der Waals surface area (Å²) in [5.41, 5.74) is 12.6. The Morgan fingerprint density at radius 2 is 1.86 bits per heavy atom. The molecule has 1 aromatic carbocycles. The molecule has 4 rings (SSSR count). The zero-order valence-corrected chi connectivity index (χ0v) is 12.4. The van der Waals surface area contributed by atoms with E-state index in [4.69, 9.17) is 5.73 Å². The van der Waals surface area contributed by atoms with Crippen molar-refractivity contribution < 1.29 is 4.79 Å². The van der Waals surface area contributed by atoms with Gasteiger partial charge in [0.25, 0.3) is 0 Å². The number of aryl methyl sites for hydroxylation is 1. The van der Waals surface area contributed by atoms with Crippen LogP contribution in [0.4, 0.5) is 0 Å². The zero-order valence-electron chi connectivity index (χ0n) is 12.4. The lowest BCUT2D eigenvalue weighted by Crippen LogP contribution is -2.30. The molecule has 0 aromatic heterocycles. The Labute approximate surface area is 126 Å². The van der Waals surface area contributed by atoms with Crippen LogP contribution in [0.5, 0.6) is 0 Å². The molecule has 0 saturated carbocycles. The van der Waals surface area contributed by atoms with E-state index in [0.717, 1.165) is 19.3 Å². The third kappa shape index (κ3) is 3.06. The lowest BCUT2D eigenvalue weighted by atomic mass is 9.96. The molecule has 0 aliphatic heterocycles. The number of ketones is 1. The summed E-state index contributed by atoms with van der Waals surface area (Å²) in [6.45, 7) is 2.16. The van der Waals surface area contributed by atoms with Gasteiger partial charge in [0.15, 0.2) is 5.78 Å². The third-order valence-corrected chi connectivity index (χ3v) is 4.35. The van der Waals surface area contributed by atoms with Crippen molar-refractivity contribution in [1.29, 1.82) is 0 Å². The molecule has 21 heavy (non-hydrogen) atoms. The Morgan fingerprint density at radius 1 is 1.14 bits per heavy atom. The molecule has 1 unspecified atom stereocenters. The van der Waals surface area contributed by atoms with E-state index in [1.54, 1.807) is 0 Å². The molecule has 3 aliphatic carbocycles. The summed E-state index contributed by atoms with van der Waals surface area (Å²) in [4.78, 5) is 11.7. The molecule has 0 spiro atoms. The second-order valence-electron chi connectivity index (χ2n) is 5.78. The first-order chi connectivity index (χ1) is 10.2. The molecule has 2 nitrogen and oxygen atoms in total. The zero-order chi connectivity index (χ0) is 14.8. The number of hydrogen-bond acceptors (Lipinski definition) is 2. The highest BCUT2D eigenvalue weighted by molar-refractivity contribution is 5.86. The van der Waals surface area contributed by atoms with Crippen molar-refractivity contribution in [2.75, 3.05) is 0 Å². The van der Waals surface area contributed by atoms with Crippen LogP contribution < -0.4 is 5.73 Å². The minimum atomic E-state index is -0.262. The van der Waals surface area contributed by atoms with Crippen LogP contribution in [0.1, 0.15) is 30.0 Å². The van der Waals surface area contributed by atoms with Crippen LogP contribution in [0.25, 0.3) is 11.1 Å². The van der Waals surface area contributed by atoms with Gasteiger partial charge in [0, 0.05) is 6.42 Å². The first kappa shape index (κ1) is 14.0. The van der Waals surface area contributed by atoms with Crippen molar-refractivity contribution in [3.8, 4) is 11.1 Å². The average molecular weight is 279 g/mol. The number of nitrogens with two attached hydrogens (primary N) is 1. The van der Waals surface area contributed by atoms with Gasteiger partial charge in [-0.1, -0.05) is 43.3 Å². The Morgan fingerprint density at radius 3 is 2.43 bits per heavy atom. The molecule has 2 heteroatoms. The highest BCUT2D eigenvalue weighted by atomic mass is 16.1. The predicted octanol–water partition coefficient (Wildman–Crippen LogP) is 3.30. The molecule has 108 valence electrons. The molecule has 0 amide bonds. The molecule has 0 bridgehead atoms. The lowest BCUT2D eigenvalue weighted by molar-refractivity contribution is -0.119. The van der Waals surface area contributed by atoms with Gasteiger partial charge in [0.1, 0.15) is 0 Å². The standard InChI is InChI=1S/C13H17NO.C6H4/c1-2-9-4-3-5-10-8-13(15)12(14)7-6-11(9)10;1-2-5-4-6(5)3-1/h3-5,12H,2,6-8,14H2,1H3;1-4H. The van der Waals surface area contributed by atoms with Crippen molar-refractivity contribution in [1.82, 2.24) is 0 Å². The Kier molecular flexibility index (Phi) is 3.89. The van der Waals surface area contributed by atoms with E-state index in [2.05, 4.69) is 43.3 Å². The van der Waals surface area contributed by atoms with Crippen LogP contribution in [-0.4, -0.2) is 11.8 Å². The van der Waals surface area contributed by atoms with Crippen LogP contribution in [0.2, 0.25) is 0 Å². The summed E-state index contributed by atoms with van der Waals surface area (Å²) >= 11 is 0. The Hall–Kier alpha value is -1.93. The van der Waals surface area contributed by atoms with E-state index in [-0.39, 0.29) is 11.8 Å². The van der Waals surface area contributed by atoms with E-state index < -0.39 is 0 Å². The molecule has 0 fully saturated rings. The van der Waals surface area contributed by atoms with Gasteiger partial charge in [-0.25, -0.2) is 0 Å². The van der Waals surface area contributed by atoms with Gasteiger partial charge in [0.05, 0.1) is 6.04 Å². The fourth-order valence-electron chi connectivity index (χ4n) is 2.96. The molecule has 1 atom stereocenters. The molecular weight excluding hydrogens is 258 g/mol.